The molecule has 14 heavy (non-hydrogen) atoms. The molecule has 3 rings (SSSR count). The third-order valence-corrected chi connectivity index (χ3v) is 2.72. The van der Waals surface area contributed by atoms with Crippen molar-refractivity contribution in [2.24, 2.45) is 0 Å². The SMILES string of the molecule is O=C(O)c1ccc2c3c(ccc2c1)C3. The minimum Gasteiger partial charge on any atom is -0.478 e. The Morgan fingerprint density at radius 3 is 2.86 bits per heavy atom. The monoisotopic (exact) mass is 184 g/mol. The number of benzene rings is 2. The summed E-state index contributed by atoms with van der Waals surface area (Å²) in [6.07, 6.45) is 1.07. The van der Waals surface area contributed by atoms with Gasteiger partial charge >= 0.3 is 5.97 Å². The molecule has 0 unspecified atom stereocenters. The zero-order chi connectivity index (χ0) is 9.71. The third kappa shape index (κ3) is 0.940. The van der Waals surface area contributed by atoms with E-state index in [2.05, 4.69) is 6.07 Å². The molecule has 0 amide bonds. The second-order valence-electron chi connectivity index (χ2n) is 3.62. The summed E-state index contributed by atoms with van der Waals surface area (Å²) in [4.78, 5) is 10.7. The predicted octanol–water partition coefficient (Wildman–Crippen LogP) is 2.44. The molecule has 0 aliphatic heterocycles. The van der Waals surface area contributed by atoms with Gasteiger partial charge < -0.3 is 5.11 Å². The Bertz CT molecular complexity index is 555. The molecular weight excluding hydrogens is 176 g/mol. The number of rotatable bonds is 1. The van der Waals surface area contributed by atoms with E-state index in [0.717, 1.165) is 11.8 Å². The number of carboxylic acid groups (broad SMARTS) is 1. The molecule has 0 bridgehead atoms. The van der Waals surface area contributed by atoms with Crippen LogP contribution in [0, 0.1) is 0 Å². The molecule has 0 spiro atoms. The zero-order valence-electron chi connectivity index (χ0n) is 7.45. The van der Waals surface area contributed by atoms with Crippen molar-refractivity contribution in [3.05, 3.63) is 47.0 Å². The quantitative estimate of drug-likeness (QED) is 0.630. The maximum Gasteiger partial charge on any atom is 0.335 e. The van der Waals surface area contributed by atoms with E-state index in [0.29, 0.717) is 5.56 Å². The fourth-order valence-electron chi connectivity index (χ4n) is 1.87. The normalized spacial score (nSPS) is 12.6. The fourth-order valence-corrected chi connectivity index (χ4v) is 1.87. The van der Waals surface area contributed by atoms with E-state index < -0.39 is 5.97 Å². The van der Waals surface area contributed by atoms with Gasteiger partial charge in [0.25, 0.3) is 0 Å². The lowest BCUT2D eigenvalue weighted by Gasteiger charge is -1.98. The van der Waals surface area contributed by atoms with E-state index in [1.165, 1.54) is 16.5 Å². The summed E-state index contributed by atoms with van der Waals surface area (Å²) in [5, 5.41) is 11.1. The topological polar surface area (TPSA) is 37.3 Å². The van der Waals surface area contributed by atoms with Gasteiger partial charge in [0.2, 0.25) is 0 Å². The Morgan fingerprint density at radius 2 is 2.07 bits per heavy atom. The van der Waals surface area contributed by atoms with Gasteiger partial charge in [-0.05, 0) is 40.5 Å². The van der Waals surface area contributed by atoms with E-state index in [4.69, 9.17) is 5.11 Å². The fraction of sp³-hybridized carbons (Fsp3) is 0.0833. The Morgan fingerprint density at radius 1 is 1.21 bits per heavy atom. The van der Waals surface area contributed by atoms with E-state index in [-0.39, 0.29) is 0 Å². The van der Waals surface area contributed by atoms with Crippen LogP contribution < -0.4 is 0 Å². The molecule has 1 aliphatic rings. The molecule has 1 N–H and O–H groups in total. The van der Waals surface area contributed by atoms with Gasteiger partial charge in [0, 0.05) is 0 Å². The number of carboxylic acids is 1. The lowest BCUT2D eigenvalue weighted by atomic mass is 10.1. The standard InChI is InChI=1S/C12H8O2/c13-12(14)9-3-4-10-7(5-9)1-2-8-6-11(8)10/h1-5H,6H2,(H,13,14). The summed E-state index contributed by atoms with van der Waals surface area (Å²) in [5.41, 5.74) is 3.12. The van der Waals surface area contributed by atoms with Crippen LogP contribution in [0.1, 0.15) is 21.5 Å². The average Bonchev–Trinajstić information content (AvgIpc) is 2.95. The maximum absolute atomic E-state index is 10.7. The van der Waals surface area contributed by atoms with Crippen LogP contribution in [0.25, 0.3) is 10.8 Å². The number of fused-ring (bicyclic) bond motifs is 3. The molecule has 2 nitrogen and oxygen atoms in total. The molecule has 0 atom stereocenters. The summed E-state index contributed by atoms with van der Waals surface area (Å²) < 4.78 is 0. The minimum absolute atomic E-state index is 0.359. The smallest absolute Gasteiger partial charge is 0.335 e. The highest BCUT2D eigenvalue weighted by Crippen LogP contribution is 2.35. The molecule has 0 saturated heterocycles. The molecule has 0 saturated carbocycles. The molecule has 2 aromatic rings. The van der Waals surface area contributed by atoms with Gasteiger partial charge in [0.1, 0.15) is 0 Å². The highest BCUT2D eigenvalue weighted by atomic mass is 16.4. The van der Waals surface area contributed by atoms with Crippen LogP contribution in [-0.2, 0) is 6.42 Å². The second-order valence-corrected chi connectivity index (χ2v) is 3.62. The van der Waals surface area contributed by atoms with Gasteiger partial charge in [-0.2, -0.15) is 0 Å². The molecular formula is C12H8O2. The highest BCUT2D eigenvalue weighted by molar-refractivity contribution is 5.97. The van der Waals surface area contributed by atoms with Crippen molar-refractivity contribution >= 4 is 16.7 Å². The zero-order valence-corrected chi connectivity index (χ0v) is 7.45. The highest BCUT2D eigenvalue weighted by Gasteiger charge is 2.19. The van der Waals surface area contributed by atoms with Crippen LogP contribution in [0.15, 0.2) is 30.3 Å². The van der Waals surface area contributed by atoms with E-state index in [1.807, 2.05) is 12.1 Å². The van der Waals surface area contributed by atoms with Crippen molar-refractivity contribution < 1.29 is 9.90 Å². The van der Waals surface area contributed by atoms with Gasteiger partial charge in [-0.3, -0.25) is 0 Å². The Kier molecular flexibility index (Phi) is 1.27. The Balaban J connectivity index is 2.31. The van der Waals surface area contributed by atoms with Crippen molar-refractivity contribution in [3.8, 4) is 0 Å². The second kappa shape index (κ2) is 2.35. The number of aromatic carboxylic acids is 1. The van der Waals surface area contributed by atoms with Crippen LogP contribution in [0.4, 0.5) is 0 Å². The molecule has 2 aromatic carbocycles. The average molecular weight is 184 g/mol. The van der Waals surface area contributed by atoms with Crippen LogP contribution in [0.5, 0.6) is 0 Å². The number of hydrogen-bond acceptors (Lipinski definition) is 1. The number of carbonyl (C=O) groups is 1. The molecule has 2 heteroatoms. The summed E-state index contributed by atoms with van der Waals surface area (Å²) in [6, 6.07) is 9.38. The van der Waals surface area contributed by atoms with Crippen molar-refractivity contribution in [2.75, 3.05) is 0 Å². The molecule has 1 aliphatic carbocycles. The summed E-state index contributed by atoms with van der Waals surface area (Å²) in [5.74, 6) is -0.864. The first-order valence-electron chi connectivity index (χ1n) is 4.53. The van der Waals surface area contributed by atoms with Crippen molar-refractivity contribution in [1.29, 1.82) is 0 Å². The molecule has 0 fully saturated rings. The van der Waals surface area contributed by atoms with Crippen molar-refractivity contribution in [3.63, 3.8) is 0 Å². The maximum atomic E-state index is 10.7. The Labute approximate surface area is 80.8 Å². The summed E-state index contributed by atoms with van der Waals surface area (Å²) >= 11 is 0. The van der Waals surface area contributed by atoms with Gasteiger partial charge in [0.05, 0.1) is 5.56 Å². The first kappa shape index (κ1) is 7.56. The molecule has 68 valence electrons. The van der Waals surface area contributed by atoms with Crippen LogP contribution in [-0.4, -0.2) is 11.1 Å². The summed E-state index contributed by atoms with van der Waals surface area (Å²) in [6.45, 7) is 0. The number of hydrogen-bond donors (Lipinski definition) is 1. The van der Waals surface area contributed by atoms with Crippen molar-refractivity contribution in [2.45, 2.75) is 6.42 Å². The Hall–Kier alpha value is -1.83. The van der Waals surface area contributed by atoms with E-state index >= 15 is 0 Å². The lowest BCUT2D eigenvalue weighted by Crippen LogP contribution is -1.94. The van der Waals surface area contributed by atoms with Gasteiger partial charge in [-0.1, -0.05) is 18.2 Å². The van der Waals surface area contributed by atoms with E-state index in [1.54, 1.807) is 12.1 Å². The van der Waals surface area contributed by atoms with Gasteiger partial charge in [-0.15, -0.1) is 0 Å². The molecule has 0 aromatic heterocycles. The summed E-state index contributed by atoms with van der Waals surface area (Å²) in [7, 11) is 0. The van der Waals surface area contributed by atoms with Crippen LogP contribution in [0.2, 0.25) is 0 Å². The first-order chi connectivity index (χ1) is 6.75. The van der Waals surface area contributed by atoms with Crippen LogP contribution >= 0.6 is 0 Å². The van der Waals surface area contributed by atoms with Crippen LogP contribution in [0.3, 0.4) is 0 Å². The first-order valence-corrected chi connectivity index (χ1v) is 4.53. The molecule has 0 radical (unpaired) electrons. The molecule has 0 heterocycles. The van der Waals surface area contributed by atoms with E-state index in [9.17, 15) is 4.79 Å². The van der Waals surface area contributed by atoms with Gasteiger partial charge in [-0.25, -0.2) is 4.79 Å². The lowest BCUT2D eigenvalue weighted by molar-refractivity contribution is 0.0697. The van der Waals surface area contributed by atoms with Crippen molar-refractivity contribution in [1.82, 2.24) is 0 Å². The minimum atomic E-state index is -0.864. The predicted molar refractivity (Wildman–Crippen MR) is 53.7 cm³/mol. The third-order valence-electron chi connectivity index (χ3n) is 2.72. The van der Waals surface area contributed by atoms with Gasteiger partial charge in [0.15, 0.2) is 0 Å². The largest absolute Gasteiger partial charge is 0.478 e.